The van der Waals surface area contributed by atoms with E-state index in [4.69, 9.17) is 14.2 Å². The van der Waals surface area contributed by atoms with Crippen LogP contribution < -0.4 is 9.47 Å². The molecule has 4 nitrogen and oxygen atoms in total. The average molecular weight is 513 g/mol. The first kappa shape index (κ1) is 26.7. The van der Waals surface area contributed by atoms with Gasteiger partial charge in [-0.05, 0) is 54.7 Å². The molecule has 1 fully saturated rings. The van der Waals surface area contributed by atoms with Crippen LogP contribution in [0.5, 0.6) is 11.5 Å². The van der Waals surface area contributed by atoms with Crippen LogP contribution in [0.3, 0.4) is 0 Å². The Kier molecular flexibility index (Phi) is 8.87. The Morgan fingerprint density at radius 1 is 0.919 bits per heavy atom. The van der Waals surface area contributed by atoms with Gasteiger partial charge in [0.05, 0.1) is 25.7 Å². The number of rotatable bonds is 9. The summed E-state index contributed by atoms with van der Waals surface area (Å²) in [5.74, 6) is -3.47. The summed E-state index contributed by atoms with van der Waals surface area (Å²) in [6, 6.07) is 13.5. The zero-order valence-electron chi connectivity index (χ0n) is 21.1. The van der Waals surface area contributed by atoms with Crippen LogP contribution in [0, 0.1) is 23.4 Å². The number of halogens is 3. The van der Waals surface area contributed by atoms with Crippen LogP contribution in [0.4, 0.5) is 13.2 Å². The second-order valence-corrected chi connectivity index (χ2v) is 9.31. The zero-order valence-corrected chi connectivity index (χ0v) is 21.1. The second kappa shape index (κ2) is 12.3. The van der Waals surface area contributed by atoms with Gasteiger partial charge in [-0.3, -0.25) is 4.79 Å². The number of hydrogen-bond donors (Lipinski definition) is 0. The van der Waals surface area contributed by atoms with Crippen molar-refractivity contribution in [1.82, 2.24) is 0 Å². The lowest BCUT2D eigenvalue weighted by Crippen LogP contribution is -2.33. The van der Waals surface area contributed by atoms with Gasteiger partial charge in [-0.2, -0.15) is 4.39 Å². The summed E-state index contributed by atoms with van der Waals surface area (Å²) in [6.45, 7) is 2.48. The fraction of sp³-hybridized carbons (Fsp3) is 0.367. The average Bonchev–Trinajstić information content (AvgIpc) is 2.91. The summed E-state index contributed by atoms with van der Waals surface area (Å²) >= 11 is 0. The number of benzene rings is 3. The maximum Gasteiger partial charge on any atom is 0.316 e. The molecule has 0 bridgehead atoms. The standard InChI is InChI=1S/C30H31F3O4/c1-3-4-5-6-22-12-11-21(18-36-22)30(34)37-23-13-14-24(26(31)17-23)19-7-9-20(10-8-19)25-15-16-27(35-2)29(33)28(25)32/h7-10,13-17,21-22H,3-6,11-12,18H2,1-2H3. The van der Waals surface area contributed by atoms with Crippen molar-refractivity contribution in [2.45, 2.75) is 51.6 Å². The minimum Gasteiger partial charge on any atom is -0.494 e. The summed E-state index contributed by atoms with van der Waals surface area (Å²) in [7, 11) is 1.27. The molecular formula is C30H31F3O4. The van der Waals surface area contributed by atoms with Crippen LogP contribution in [-0.4, -0.2) is 25.8 Å². The molecule has 0 saturated carbocycles. The Bertz CT molecular complexity index is 1220. The van der Waals surface area contributed by atoms with Crippen LogP contribution in [0.15, 0.2) is 54.6 Å². The lowest BCUT2D eigenvalue weighted by atomic mass is 9.96. The van der Waals surface area contributed by atoms with E-state index in [0.29, 0.717) is 29.7 Å². The van der Waals surface area contributed by atoms with Gasteiger partial charge in [-0.15, -0.1) is 0 Å². The Morgan fingerprint density at radius 3 is 2.24 bits per heavy atom. The van der Waals surface area contributed by atoms with Crippen LogP contribution in [-0.2, 0) is 9.53 Å². The molecule has 0 radical (unpaired) electrons. The van der Waals surface area contributed by atoms with Gasteiger partial charge in [0.2, 0.25) is 5.82 Å². The van der Waals surface area contributed by atoms with Crippen molar-refractivity contribution >= 4 is 5.97 Å². The van der Waals surface area contributed by atoms with Crippen LogP contribution in [0.2, 0.25) is 0 Å². The maximum absolute atomic E-state index is 14.9. The molecule has 3 aromatic rings. The Hall–Kier alpha value is -3.32. The summed E-state index contributed by atoms with van der Waals surface area (Å²) in [5.41, 5.74) is 1.36. The topological polar surface area (TPSA) is 44.8 Å². The highest BCUT2D eigenvalue weighted by Gasteiger charge is 2.28. The maximum atomic E-state index is 14.9. The highest BCUT2D eigenvalue weighted by molar-refractivity contribution is 5.76. The van der Waals surface area contributed by atoms with Gasteiger partial charge < -0.3 is 14.2 Å². The normalized spacial score (nSPS) is 17.4. The van der Waals surface area contributed by atoms with E-state index in [0.717, 1.165) is 25.7 Å². The van der Waals surface area contributed by atoms with Gasteiger partial charge in [-0.25, -0.2) is 8.78 Å². The molecule has 0 aromatic heterocycles. The minimum atomic E-state index is -1.06. The minimum absolute atomic E-state index is 0.0755. The lowest BCUT2D eigenvalue weighted by molar-refractivity contribution is -0.145. The third-order valence-electron chi connectivity index (χ3n) is 6.77. The number of hydrogen-bond acceptors (Lipinski definition) is 4. The van der Waals surface area contributed by atoms with Gasteiger partial charge in [0.1, 0.15) is 11.6 Å². The van der Waals surface area contributed by atoms with E-state index in [-0.39, 0.29) is 29.1 Å². The summed E-state index contributed by atoms with van der Waals surface area (Å²) in [6.07, 6.45) is 6.18. The molecule has 37 heavy (non-hydrogen) atoms. The predicted octanol–water partition coefficient (Wildman–Crippen LogP) is 7.73. The summed E-state index contributed by atoms with van der Waals surface area (Å²) in [5, 5.41) is 0. The van der Waals surface area contributed by atoms with Gasteiger partial charge in [-0.1, -0.05) is 50.5 Å². The van der Waals surface area contributed by atoms with Crippen molar-refractivity contribution in [3.05, 3.63) is 72.0 Å². The van der Waals surface area contributed by atoms with Crippen molar-refractivity contribution in [2.75, 3.05) is 13.7 Å². The van der Waals surface area contributed by atoms with E-state index < -0.39 is 23.4 Å². The molecule has 0 spiro atoms. The number of unbranched alkanes of at least 4 members (excludes halogenated alkanes) is 2. The molecule has 196 valence electrons. The molecule has 2 unspecified atom stereocenters. The van der Waals surface area contributed by atoms with Crippen molar-refractivity contribution in [2.24, 2.45) is 5.92 Å². The fourth-order valence-corrected chi connectivity index (χ4v) is 4.58. The van der Waals surface area contributed by atoms with Gasteiger partial charge in [0, 0.05) is 17.2 Å². The SMILES string of the molecule is CCCCCC1CCC(C(=O)Oc2ccc(-c3ccc(-c4ccc(OC)c(F)c4F)cc3)c(F)c2)CO1. The Morgan fingerprint density at radius 2 is 1.62 bits per heavy atom. The third-order valence-corrected chi connectivity index (χ3v) is 6.77. The number of esters is 1. The number of methoxy groups -OCH3 is 1. The first-order chi connectivity index (χ1) is 17.9. The van der Waals surface area contributed by atoms with Crippen LogP contribution >= 0.6 is 0 Å². The van der Waals surface area contributed by atoms with E-state index in [2.05, 4.69) is 6.92 Å². The van der Waals surface area contributed by atoms with Crippen molar-refractivity contribution in [3.8, 4) is 33.8 Å². The predicted molar refractivity (Wildman–Crippen MR) is 136 cm³/mol. The first-order valence-corrected chi connectivity index (χ1v) is 12.7. The molecule has 1 heterocycles. The van der Waals surface area contributed by atoms with E-state index in [1.807, 2.05) is 0 Å². The highest BCUT2D eigenvalue weighted by Crippen LogP contribution is 2.33. The van der Waals surface area contributed by atoms with Crippen molar-refractivity contribution in [1.29, 1.82) is 0 Å². The molecule has 0 amide bonds. The number of ether oxygens (including phenoxy) is 3. The molecule has 0 N–H and O–H groups in total. The van der Waals surface area contributed by atoms with Crippen LogP contribution in [0.25, 0.3) is 22.3 Å². The summed E-state index contributed by atoms with van der Waals surface area (Å²) in [4.78, 5) is 12.6. The Labute approximate surface area is 215 Å². The number of carbonyl (C=O) groups excluding carboxylic acids is 1. The fourth-order valence-electron chi connectivity index (χ4n) is 4.58. The molecule has 4 rings (SSSR count). The Balaban J connectivity index is 1.39. The molecule has 2 atom stereocenters. The molecule has 1 saturated heterocycles. The molecule has 1 aliphatic heterocycles. The first-order valence-electron chi connectivity index (χ1n) is 12.7. The molecule has 1 aliphatic rings. The zero-order chi connectivity index (χ0) is 26.4. The van der Waals surface area contributed by atoms with E-state index in [1.54, 1.807) is 30.3 Å². The largest absolute Gasteiger partial charge is 0.494 e. The quantitative estimate of drug-likeness (QED) is 0.167. The van der Waals surface area contributed by atoms with Crippen molar-refractivity contribution in [3.63, 3.8) is 0 Å². The van der Waals surface area contributed by atoms with Gasteiger partial charge >= 0.3 is 5.97 Å². The smallest absolute Gasteiger partial charge is 0.316 e. The monoisotopic (exact) mass is 512 g/mol. The molecule has 7 heteroatoms. The summed E-state index contributed by atoms with van der Waals surface area (Å²) < 4.78 is 59.5. The van der Waals surface area contributed by atoms with Gasteiger partial charge in [0.25, 0.3) is 0 Å². The number of carbonyl (C=O) groups is 1. The molecule has 3 aromatic carbocycles. The lowest BCUT2D eigenvalue weighted by Gasteiger charge is -2.27. The van der Waals surface area contributed by atoms with E-state index in [9.17, 15) is 18.0 Å². The van der Waals surface area contributed by atoms with Crippen molar-refractivity contribution < 1.29 is 32.2 Å². The molecule has 0 aliphatic carbocycles. The van der Waals surface area contributed by atoms with E-state index in [1.165, 1.54) is 37.8 Å². The van der Waals surface area contributed by atoms with E-state index >= 15 is 0 Å². The third kappa shape index (κ3) is 6.34. The highest BCUT2D eigenvalue weighted by atomic mass is 19.2. The van der Waals surface area contributed by atoms with Gasteiger partial charge in [0.15, 0.2) is 11.6 Å². The van der Waals surface area contributed by atoms with Crippen LogP contribution in [0.1, 0.15) is 45.4 Å². The second-order valence-electron chi connectivity index (χ2n) is 9.31. The molecular weight excluding hydrogens is 481 g/mol.